The molecule has 7 aromatic rings. The molecule has 1 radical (unpaired) electrons. The summed E-state index contributed by atoms with van der Waals surface area (Å²) in [6.45, 7) is 16.0. The third-order valence-electron chi connectivity index (χ3n) is 7.57. The smallest absolute Gasteiger partial charge is 0.216 e. The van der Waals surface area contributed by atoms with Gasteiger partial charge in [0.2, 0.25) is 5.71 Å². The normalized spacial score (nSPS) is 12.4. The van der Waals surface area contributed by atoms with E-state index in [4.69, 9.17) is 12.1 Å². The van der Waals surface area contributed by atoms with Crippen molar-refractivity contribution >= 4 is 43.6 Å². The molecule has 0 spiro atoms. The number of nitrogens with zero attached hydrogens (tertiary/aromatic N) is 3. The first-order valence-electron chi connectivity index (χ1n) is 15.8. The quantitative estimate of drug-likeness (QED) is 0.167. The van der Waals surface area contributed by atoms with Gasteiger partial charge in [-0.3, -0.25) is 4.98 Å². The summed E-state index contributed by atoms with van der Waals surface area (Å²) in [7, 11) is 0. The van der Waals surface area contributed by atoms with Crippen LogP contribution in [0.2, 0.25) is 0 Å². The number of hydrogen-bond acceptors (Lipinski definition) is 5. The molecule has 0 aliphatic carbocycles. The van der Waals surface area contributed by atoms with Crippen LogP contribution in [-0.4, -0.2) is 15.0 Å². The molecular weight excluding hydrogens is 751 g/mol. The maximum atomic E-state index is 8.72. The maximum absolute atomic E-state index is 8.72. The van der Waals surface area contributed by atoms with Crippen LogP contribution >= 0.6 is 11.3 Å². The van der Waals surface area contributed by atoms with Crippen molar-refractivity contribution in [3.05, 3.63) is 112 Å². The number of aryl methyl sites for hydroxylation is 5. The van der Waals surface area contributed by atoms with Crippen LogP contribution in [0.25, 0.3) is 54.8 Å². The Morgan fingerprint density at radius 1 is 0.867 bits per heavy atom. The van der Waals surface area contributed by atoms with E-state index in [-0.39, 0.29) is 20.1 Å². The molecule has 0 saturated carbocycles. The summed E-state index contributed by atoms with van der Waals surface area (Å²) in [5.74, 6) is 0. The number of benzene rings is 2. The third-order valence-corrected chi connectivity index (χ3v) is 8.73. The monoisotopic (exact) mass is 790 g/mol. The molecule has 0 fully saturated rings. The number of aromatic nitrogens is 3. The zero-order valence-corrected chi connectivity index (χ0v) is 30.1. The van der Waals surface area contributed by atoms with Crippen LogP contribution < -0.4 is 0 Å². The van der Waals surface area contributed by atoms with E-state index in [1.807, 2.05) is 83.3 Å². The number of furan rings is 1. The summed E-state index contributed by atoms with van der Waals surface area (Å²) in [5, 5.41) is 1.97. The molecule has 5 heterocycles. The molecule has 0 saturated heterocycles. The minimum Gasteiger partial charge on any atom is -0.486 e. The average molecular weight is 790 g/mol. The van der Waals surface area contributed by atoms with E-state index < -0.39 is 11.8 Å². The van der Waals surface area contributed by atoms with Crippen molar-refractivity contribution in [2.75, 3.05) is 0 Å². The van der Waals surface area contributed by atoms with E-state index in [1.165, 1.54) is 28.0 Å². The van der Waals surface area contributed by atoms with Crippen molar-refractivity contribution in [2.24, 2.45) is 5.41 Å². The molecule has 0 atom stereocenters. The Morgan fingerprint density at radius 2 is 1.67 bits per heavy atom. The van der Waals surface area contributed by atoms with Crippen LogP contribution in [0.3, 0.4) is 0 Å². The van der Waals surface area contributed by atoms with Gasteiger partial charge in [0.15, 0.2) is 0 Å². The molecule has 0 aliphatic rings. The molecule has 231 valence electrons. The maximum Gasteiger partial charge on any atom is 0.216 e. The van der Waals surface area contributed by atoms with Gasteiger partial charge in [0.25, 0.3) is 0 Å². The fourth-order valence-electron chi connectivity index (χ4n) is 5.03. The number of pyridine rings is 3. The van der Waals surface area contributed by atoms with Crippen LogP contribution in [0, 0.1) is 52.2 Å². The number of fused-ring (bicyclic) bond motifs is 4. The molecule has 0 bridgehead atoms. The van der Waals surface area contributed by atoms with Crippen LogP contribution in [0.4, 0.5) is 0 Å². The van der Waals surface area contributed by atoms with E-state index in [1.54, 1.807) is 0 Å². The summed E-state index contributed by atoms with van der Waals surface area (Å²) < 4.78 is 24.5. The largest absolute Gasteiger partial charge is 0.486 e. The van der Waals surface area contributed by atoms with Gasteiger partial charge in [-0.1, -0.05) is 56.3 Å². The minimum absolute atomic E-state index is 0. The van der Waals surface area contributed by atoms with E-state index in [0.717, 1.165) is 65.2 Å². The Kier molecular flexibility index (Phi) is 8.63. The average Bonchev–Trinajstić information content (AvgIpc) is 3.55. The molecule has 4 nitrogen and oxygen atoms in total. The number of rotatable bonds is 3. The van der Waals surface area contributed by atoms with Crippen molar-refractivity contribution in [2.45, 2.75) is 61.8 Å². The Balaban J connectivity index is 0.000000228. The molecule has 0 unspecified atom stereocenters. The van der Waals surface area contributed by atoms with Gasteiger partial charge in [-0.15, -0.1) is 64.9 Å². The SMILES string of the molecule is Cc1c[c-]c(-c2cc(C)c(C)cn2)cc1.[2H]C([2H])(c1sc2ccc(-c3[c-]ccc4c3oc3nc(C)ccc34)nc2c1C)C(C)(C)C.[Ir]. The standard InChI is InChI=1S/C25H23N2OS.C14H14N.Ir/c1-14-9-10-17-16-7-6-8-18(23(16)28-24(17)26-14)19-11-12-20-22(27-19)15(2)21(29-20)13-25(3,4)5;1-10-4-6-13(7-5-10)14-8-11(2)12(3)9-15-14;/h6-7,9-12H,13H2,1-5H3;4-6,8-9H,1-3H3;/q2*-1;/i13D2;;. The molecule has 7 rings (SSSR count). The van der Waals surface area contributed by atoms with Crippen molar-refractivity contribution in [1.82, 2.24) is 15.0 Å². The summed E-state index contributed by atoms with van der Waals surface area (Å²) in [6, 6.07) is 26.7. The minimum atomic E-state index is -1.45. The van der Waals surface area contributed by atoms with Gasteiger partial charge in [-0.2, -0.15) is 0 Å². The second-order valence-corrected chi connectivity index (χ2v) is 13.5. The van der Waals surface area contributed by atoms with Gasteiger partial charge >= 0.3 is 0 Å². The van der Waals surface area contributed by atoms with Gasteiger partial charge in [0.1, 0.15) is 0 Å². The van der Waals surface area contributed by atoms with Crippen LogP contribution in [0.1, 0.15) is 56.3 Å². The van der Waals surface area contributed by atoms with E-state index in [0.29, 0.717) is 5.71 Å². The van der Waals surface area contributed by atoms with Crippen molar-refractivity contribution in [3.8, 4) is 22.5 Å². The predicted molar refractivity (Wildman–Crippen MR) is 184 cm³/mol. The van der Waals surface area contributed by atoms with Crippen LogP contribution in [-0.2, 0) is 26.5 Å². The van der Waals surface area contributed by atoms with Gasteiger partial charge in [-0.25, -0.2) is 4.98 Å². The molecule has 0 amide bonds. The first-order chi connectivity index (χ1) is 21.7. The number of thiophene rings is 1. The predicted octanol–water partition coefficient (Wildman–Crippen LogP) is 10.7. The van der Waals surface area contributed by atoms with Crippen LogP contribution in [0.15, 0.2) is 71.3 Å². The molecule has 6 heteroatoms. The first-order valence-corrected chi connectivity index (χ1v) is 15.6. The molecule has 2 aromatic carbocycles. The Morgan fingerprint density at radius 3 is 2.38 bits per heavy atom. The van der Waals surface area contributed by atoms with Crippen molar-refractivity contribution in [1.29, 1.82) is 0 Å². The molecule has 0 aliphatic heterocycles. The van der Waals surface area contributed by atoms with Gasteiger partial charge in [0.05, 0.1) is 15.8 Å². The van der Waals surface area contributed by atoms with E-state index in [2.05, 4.69) is 61.1 Å². The topological polar surface area (TPSA) is 51.8 Å². The second-order valence-electron chi connectivity index (χ2n) is 12.4. The fourth-order valence-corrected chi connectivity index (χ4v) is 6.29. The Bertz CT molecular complexity index is 2230. The first kappa shape index (κ1) is 30.0. The van der Waals surface area contributed by atoms with Crippen LogP contribution in [0.5, 0.6) is 0 Å². The summed E-state index contributed by atoms with van der Waals surface area (Å²) in [6.07, 6.45) is 0.468. The fraction of sp³-hybridized carbons (Fsp3) is 0.256. The molecule has 45 heavy (non-hydrogen) atoms. The zero-order valence-electron chi connectivity index (χ0n) is 28.8. The molecular formula is C39H37IrN3OS-2. The zero-order chi connectivity index (χ0) is 33.0. The summed E-state index contributed by atoms with van der Waals surface area (Å²) in [4.78, 5) is 14.6. The second kappa shape index (κ2) is 13.0. The van der Waals surface area contributed by atoms with Crippen molar-refractivity contribution < 1.29 is 27.3 Å². The third kappa shape index (κ3) is 6.94. The number of hydrogen-bond donors (Lipinski definition) is 0. The van der Waals surface area contributed by atoms with E-state index in [9.17, 15) is 0 Å². The van der Waals surface area contributed by atoms with E-state index >= 15 is 0 Å². The Hall–Kier alpha value is -3.70. The summed E-state index contributed by atoms with van der Waals surface area (Å²) in [5.41, 5.74) is 10.8. The summed E-state index contributed by atoms with van der Waals surface area (Å²) >= 11 is 1.49. The Labute approximate surface area is 286 Å². The van der Waals surface area contributed by atoms with Gasteiger partial charge < -0.3 is 9.40 Å². The van der Waals surface area contributed by atoms with Gasteiger partial charge in [-0.05, 0) is 80.2 Å². The van der Waals surface area contributed by atoms with Gasteiger partial charge in [0, 0.05) is 45.0 Å². The molecule has 5 aromatic heterocycles. The van der Waals surface area contributed by atoms with Crippen molar-refractivity contribution in [3.63, 3.8) is 0 Å². The molecule has 0 N–H and O–H groups in total.